The second kappa shape index (κ2) is 17.0. The molecule has 0 spiro atoms. The van der Waals surface area contributed by atoms with E-state index in [0.29, 0.717) is 41.0 Å². The molecule has 0 aliphatic rings. The molecule has 0 bridgehead atoms. The van der Waals surface area contributed by atoms with Gasteiger partial charge in [0.15, 0.2) is 23.0 Å². The van der Waals surface area contributed by atoms with Crippen molar-refractivity contribution < 1.29 is 38.1 Å². The fourth-order valence-electron chi connectivity index (χ4n) is 3.36. The largest absolute Gasteiger partial charge is 0.493 e. The van der Waals surface area contributed by atoms with E-state index in [1.165, 1.54) is 6.08 Å². The lowest BCUT2D eigenvalue weighted by molar-refractivity contribution is -0.116. The maximum absolute atomic E-state index is 12.0. The van der Waals surface area contributed by atoms with Gasteiger partial charge in [-0.3, -0.25) is 15.1 Å². The van der Waals surface area contributed by atoms with E-state index in [2.05, 4.69) is 10.8 Å². The number of allylic oxidation sites excluding steroid dienone is 4. The van der Waals surface area contributed by atoms with Crippen LogP contribution in [0.2, 0.25) is 0 Å². The van der Waals surface area contributed by atoms with Crippen LogP contribution < -0.4 is 39.2 Å². The number of hydrogen-bond donors (Lipinski definition) is 2. The second-order valence-corrected chi connectivity index (χ2v) is 7.61. The Hall–Kier alpha value is -4.57. The van der Waals surface area contributed by atoms with Gasteiger partial charge in [-0.2, -0.15) is 0 Å². The number of nitrogens with one attached hydrogen (secondary N) is 2. The van der Waals surface area contributed by atoms with E-state index in [9.17, 15) is 4.79 Å². The Morgan fingerprint density at radius 1 is 0.667 bits per heavy atom. The fourth-order valence-corrected chi connectivity index (χ4v) is 3.36. The van der Waals surface area contributed by atoms with E-state index >= 15 is 0 Å². The molecular formula is C29H36N2O8. The number of carbonyl (C=O) groups is 1. The first-order chi connectivity index (χ1) is 19.0. The first kappa shape index (κ1) is 30.7. The second-order valence-electron chi connectivity index (χ2n) is 7.61. The SMILES string of the molecule is COc1cc(C=C/C=C/C(=O)NCCON/C=C/C=C/c2cc(OC)c(OC)c(OC)c2)cc(OC)c1OC. The van der Waals surface area contributed by atoms with Crippen molar-refractivity contribution in [2.45, 2.75) is 0 Å². The Labute approximate surface area is 229 Å². The van der Waals surface area contributed by atoms with Crippen LogP contribution in [0.15, 0.2) is 60.8 Å². The van der Waals surface area contributed by atoms with Crippen LogP contribution >= 0.6 is 0 Å². The van der Waals surface area contributed by atoms with Gasteiger partial charge in [0, 0.05) is 18.8 Å². The third kappa shape index (κ3) is 9.67. The van der Waals surface area contributed by atoms with Crippen molar-refractivity contribution in [3.8, 4) is 34.5 Å². The Bertz CT molecular complexity index is 1140. The third-order valence-corrected chi connectivity index (χ3v) is 5.17. The highest BCUT2D eigenvalue weighted by Crippen LogP contribution is 2.39. The Kier molecular flexibility index (Phi) is 13.4. The summed E-state index contributed by atoms with van der Waals surface area (Å²) < 4.78 is 32.0. The standard InChI is InChI=1S/C29H36N2O8/c1-33-23-17-21(18-24(34-2)28(23)37-5)11-7-8-13-27(32)30-15-16-39-31-14-10-9-12-22-19-25(35-3)29(38-6)26(20-22)36-4/h7-14,17-20,31H,15-16H2,1-6H3,(H,30,32)/b11-7?,12-9+,13-8+,14-10+. The van der Waals surface area contributed by atoms with E-state index < -0.39 is 0 Å². The van der Waals surface area contributed by atoms with Crippen molar-refractivity contribution in [2.75, 3.05) is 55.8 Å². The van der Waals surface area contributed by atoms with Crippen LogP contribution in [-0.2, 0) is 9.63 Å². The summed E-state index contributed by atoms with van der Waals surface area (Å²) >= 11 is 0. The maximum atomic E-state index is 12.0. The van der Waals surface area contributed by atoms with Crippen LogP contribution in [0.1, 0.15) is 11.1 Å². The molecule has 2 N–H and O–H groups in total. The van der Waals surface area contributed by atoms with E-state index in [4.69, 9.17) is 33.3 Å². The van der Waals surface area contributed by atoms with Gasteiger partial charge >= 0.3 is 0 Å². The number of hydrogen-bond acceptors (Lipinski definition) is 9. The topological polar surface area (TPSA) is 106 Å². The van der Waals surface area contributed by atoms with Crippen LogP contribution in [0, 0.1) is 0 Å². The zero-order valence-corrected chi connectivity index (χ0v) is 23.1. The molecule has 0 saturated carbocycles. The lowest BCUT2D eigenvalue weighted by Crippen LogP contribution is -2.26. The number of rotatable bonds is 16. The molecule has 0 fully saturated rings. The normalized spacial score (nSPS) is 11.3. The number of methoxy groups -OCH3 is 6. The molecule has 10 nitrogen and oxygen atoms in total. The number of carbonyl (C=O) groups excluding carboxylic acids is 1. The molecule has 0 unspecified atom stereocenters. The maximum Gasteiger partial charge on any atom is 0.244 e. The number of ether oxygens (including phenoxy) is 6. The molecule has 2 aromatic rings. The van der Waals surface area contributed by atoms with Crippen molar-refractivity contribution >= 4 is 18.1 Å². The zero-order chi connectivity index (χ0) is 28.5. The molecule has 0 saturated heterocycles. The van der Waals surface area contributed by atoms with Gasteiger partial charge in [-0.25, -0.2) is 0 Å². The number of benzene rings is 2. The summed E-state index contributed by atoms with van der Waals surface area (Å²) in [6, 6.07) is 7.31. The molecule has 0 aliphatic carbocycles. The zero-order valence-electron chi connectivity index (χ0n) is 23.1. The molecule has 0 aliphatic heterocycles. The van der Waals surface area contributed by atoms with Gasteiger partial charge in [-0.1, -0.05) is 30.4 Å². The van der Waals surface area contributed by atoms with Crippen molar-refractivity contribution in [1.29, 1.82) is 0 Å². The van der Waals surface area contributed by atoms with Crippen LogP contribution in [0.4, 0.5) is 0 Å². The summed E-state index contributed by atoms with van der Waals surface area (Å²) in [4.78, 5) is 17.2. The Morgan fingerprint density at radius 2 is 1.13 bits per heavy atom. The summed E-state index contributed by atoms with van der Waals surface area (Å²) in [7, 11) is 9.37. The van der Waals surface area contributed by atoms with Crippen LogP contribution in [0.25, 0.3) is 12.2 Å². The van der Waals surface area contributed by atoms with Crippen LogP contribution in [0.5, 0.6) is 34.5 Å². The molecule has 0 heterocycles. The summed E-state index contributed by atoms with van der Waals surface area (Å²) in [5.74, 6) is 3.08. The monoisotopic (exact) mass is 540 g/mol. The quantitative estimate of drug-likeness (QED) is 0.140. The van der Waals surface area contributed by atoms with Gasteiger partial charge in [0.2, 0.25) is 17.4 Å². The Balaban J connectivity index is 1.71. The molecule has 10 heteroatoms. The minimum atomic E-state index is -0.239. The van der Waals surface area contributed by atoms with Gasteiger partial charge < -0.3 is 33.7 Å². The van der Waals surface area contributed by atoms with Crippen molar-refractivity contribution in [3.05, 3.63) is 72.0 Å². The molecular weight excluding hydrogens is 504 g/mol. The van der Waals surface area contributed by atoms with Gasteiger partial charge in [0.05, 0.1) is 49.3 Å². The van der Waals surface area contributed by atoms with Crippen LogP contribution in [-0.4, -0.2) is 61.7 Å². The molecule has 2 rings (SSSR count). The van der Waals surface area contributed by atoms with E-state index in [-0.39, 0.29) is 12.5 Å². The smallest absolute Gasteiger partial charge is 0.244 e. The molecule has 39 heavy (non-hydrogen) atoms. The molecule has 0 aromatic heterocycles. The predicted molar refractivity (Wildman–Crippen MR) is 151 cm³/mol. The highest BCUT2D eigenvalue weighted by Gasteiger charge is 2.12. The summed E-state index contributed by atoms with van der Waals surface area (Å²) in [6.07, 6.45) is 13.7. The van der Waals surface area contributed by atoms with Gasteiger partial charge in [-0.05, 0) is 41.5 Å². The molecule has 1 amide bonds. The van der Waals surface area contributed by atoms with Gasteiger partial charge in [0.1, 0.15) is 0 Å². The summed E-state index contributed by atoms with van der Waals surface area (Å²) in [6.45, 7) is 0.615. The van der Waals surface area contributed by atoms with E-state index in [1.54, 1.807) is 67.1 Å². The summed E-state index contributed by atoms with van der Waals surface area (Å²) in [5, 5.41) is 2.73. The molecule has 210 valence electrons. The number of hydroxylamine groups is 1. The minimum absolute atomic E-state index is 0.239. The molecule has 2 aromatic carbocycles. The van der Waals surface area contributed by atoms with Crippen LogP contribution in [0.3, 0.4) is 0 Å². The Morgan fingerprint density at radius 3 is 1.56 bits per heavy atom. The lowest BCUT2D eigenvalue weighted by atomic mass is 10.1. The van der Waals surface area contributed by atoms with Crippen molar-refractivity contribution in [3.63, 3.8) is 0 Å². The molecule has 0 radical (unpaired) electrons. The first-order valence-electron chi connectivity index (χ1n) is 11.9. The number of amides is 1. The van der Waals surface area contributed by atoms with E-state index in [0.717, 1.165) is 11.1 Å². The predicted octanol–water partition coefficient (Wildman–Crippen LogP) is 4.17. The van der Waals surface area contributed by atoms with E-state index in [1.807, 2.05) is 42.5 Å². The lowest BCUT2D eigenvalue weighted by Gasteiger charge is -2.12. The highest BCUT2D eigenvalue weighted by atomic mass is 16.6. The average molecular weight is 541 g/mol. The summed E-state index contributed by atoms with van der Waals surface area (Å²) in [5.41, 5.74) is 4.41. The van der Waals surface area contributed by atoms with Crippen molar-refractivity contribution in [2.24, 2.45) is 0 Å². The van der Waals surface area contributed by atoms with Gasteiger partial charge in [0.25, 0.3) is 0 Å². The molecule has 0 atom stereocenters. The fraction of sp³-hybridized carbons (Fsp3) is 0.276. The first-order valence-corrected chi connectivity index (χ1v) is 11.9. The average Bonchev–Trinajstić information content (AvgIpc) is 2.96. The van der Waals surface area contributed by atoms with Gasteiger partial charge in [-0.15, -0.1) is 0 Å². The highest BCUT2D eigenvalue weighted by molar-refractivity contribution is 5.87. The van der Waals surface area contributed by atoms with Crippen molar-refractivity contribution in [1.82, 2.24) is 10.8 Å². The minimum Gasteiger partial charge on any atom is -0.493 e. The third-order valence-electron chi connectivity index (χ3n) is 5.17.